The molecule has 10 heteroatoms. The van der Waals surface area contributed by atoms with Crippen molar-refractivity contribution < 1.29 is 50.3 Å². The standard InChI is InChI=1S/C12H22O10/c13-1-3-5(15)7(17)9(19)11(21-3)12-10(20)8(18)6(16)4(2-14)22-12/h3-20H,1-2H2/t3-,4-,5-,6+,7+,8+,9-,10-,11?,12?/m1/s1. The molecule has 8 N–H and O–H groups in total. The molecule has 2 saturated heterocycles. The Balaban J connectivity index is 2.21. The number of ether oxygens (including phenoxy) is 2. The van der Waals surface area contributed by atoms with Crippen LogP contribution in [0.4, 0.5) is 0 Å². The van der Waals surface area contributed by atoms with Crippen LogP contribution in [0.3, 0.4) is 0 Å². The minimum absolute atomic E-state index is 0.654. The quantitative estimate of drug-likeness (QED) is 0.249. The van der Waals surface area contributed by atoms with Crippen LogP contribution in [0, 0.1) is 0 Å². The number of rotatable bonds is 3. The van der Waals surface area contributed by atoms with E-state index in [9.17, 15) is 30.6 Å². The highest BCUT2D eigenvalue weighted by Crippen LogP contribution is 2.31. The molecule has 0 saturated carbocycles. The van der Waals surface area contributed by atoms with Crippen molar-refractivity contribution in [1.29, 1.82) is 0 Å². The molecule has 130 valence electrons. The lowest BCUT2D eigenvalue weighted by Gasteiger charge is -2.48. The van der Waals surface area contributed by atoms with Crippen molar-refractivity contribution in [2.45, 2.75) is 61.0 Å². The molecule has 0 bridgehead atoms. The first-order chi connectivity index (χ1) is 10.3. The van der Waals surface area contributed by atoms with Crippen LogP contribution in [0.15, 0.2) is 0 Å². The number of aliphatic hydroxyl groups excluding tert-OH is 8. The maximum atomic E-state index is 9.99. The highest BCUT2D eigenvalue weighted by Gasteiger charge is 2.53. The summed E-state index contributed by atoms with van der Waals surface area (Å²) in [7, 11) is 0. The monoisotopic (exact) mass is 326 g/mol. The van der Waals surface area contributed by atoms with Gasteiger partial charge in [0.05, 0.1) is 13.2 Å². The molecule has 0 amide bonds. The van der Waals surface area contributed by atoms with E-state index in [1.54, 1.807) is 0 Å². The van der Waals surface area contributed by atoms with Crippen LogP contribution in [0.5, 0.6) is 0 Å². The number of aliphatic hydroxyl groups is 8. The van der Waals surface area contributed by atoms with Crippen molar-refractivity contribution >= 4 is 0 Å². The molecule has 2 aliphatic rings. The van der Waals surface area contributed by atoms with Gasteiger partial charge in [-0.15, -0.1) is 0 Å². The van der Waals surface area contributed by atoms with Crippen LogP contribution in [-0.2, 0) is 9.47 Å². The largest absolute Gasteiger partial charge is 0.394 e. The van der Waals surface area contributed by atoms with E-state index in [0.29, 0.717) is 0 Å². The van der Waals surface area contributed by atoms with Crippen molar-refractivity contribution in [3.8, 4) is 0 Å². The SMILES string of the molecule is OC[C@H]1OC(C2O[C@H](CO)[C@@H](O)[C@H](O)[C@H]2O)[C@H](O)[C@@H](O)[C@H]1O. The van der Waals surface area contributed by atoms with Gasteiger partial charge in [0.15, 0.2) is 0 Å². The molecular weight excluding hydrogens is 304 g/mol. The van der Waals surface area contributed by atoms with Gasteiger partial charge in [-0.05, 0) is 0 Å². The second-order valence-corrected chi connectivity index (χ2v) is 5.59. The Hall–Kier alpha value is -0.400. The van der Waals surface area contributed by atoms with Crippen molar-refractivity contribution in [3.05, 3.63) is 0 Å². The lowest BCUT2D eigenvalue weighted by atomic mass is 9.86. The fourth-order valence-electron chi connectivity index (χ4n) is 2.80. The Bertz CT molecular complexity index is 330. The molecule has 2 aliphatic heterocycles. The fraction of sp³-hybridized carbons (Fsp3) is 1.00. The Kier molecular flexibility index (Phi) is 5.72. The van der Waals surface area contributed by atoms with E-state index in [1.165, 1.54) is 0 Å². The van der Waals surface area contributed by atoms with E-state index < -0.39 is 74.3 Å². The molecule has 2 heterocycles. The molecule has 0 radical (unpaired) electrons. The van der Waals surface area contributed by atoms with Gasteiger partial charge in [0.1, 0.15) is 61.0 Å². The van der Waals surface area contributed by atoms with Gasteiger partial charge >= 0.3 is 0 Å². The van der Waals surface area contributed by atoms with Gasteiger partial charge in [0, 0.05) is 0 Å². The van der Waals surface area contributed by atoms with Crippen LogP contribution in [0.1, 0.15) is 0 Å². The summed E-state index contributed by atoms with van der Waals surface area (Å²) in [6, 6.07) is 0. The first-order valence-corrected chi connectivity index (χ1v) is 6.94. The molecule has 0 aromatic heterocycles. The maximum Gasteiger partial charge on any atom is 0.115 e. The average molecular weight is 326 g/mol. The van der Waals surface area contributed by atoms with E-state index in [0.717, 1.165) is 0 Å². The third kappa shape index (κ3) is 2.99. The smallest absolute Gasteiger partial charge is 0.115 e. The minimum Gasteiger partial charge on any atom is -0.394 e. The van der Waals surface area contributed by atoms with Crippen molar-refractivity contribution in [3.63, 3.8) is 0 Å². The van der Waals surface area contributed by atoms with Crippen LogP contribution in [0.2, 0.25) is 0 Å². The predicted molar refractivity (Wildman–Crippen MR) is 67.5 cm³/mol. The second-order valence-electron chi connectivity index (χ2n) is 5.59. The van der Waals surface area contributed by atoms with E-state index in [4.69, 9.17) is 19.7 Å². The zero-order valence-corrected chi connectivity index (χ0v) is 11.6. The molecular formula is C12H22O10. The normalized spacial score (nSPS) is 53.5. The first kappa shape index (κ1) is 17.9. The van der Waals surface area contributed by atoms with Crippen molar-refractivity contribution in [2.24, 2.45) is 0 Å². The van der Waals surface area contributed by atoms with E-state index in [-0.39, 0.29) is 0 Å². The molecule has 0 aromatic rings. The highest BCUT2D eigenvalue weighted by molar-refractivity contribution is 5.02. The Morgan fingerprint density at radius 2 is 0.818 bits per heavy atom. The maximum absolute atomic E-state index is 9.99. The molecule has 10 nitrogen and oxygen atoms in total. The van der Waals surface area contributed by atoms with Gasteiger partial charge in [-0.1, -0.05) is 0 Å². The third-order valence-electron chi connectivity index (χ3n) is 4.18. The summed E-state index contributed by atoms with van der Waals surface area (Å²) in [6.07, 6.45) is -15.0. The topological polar surface area (TPSA) is 180 Å². The van der Waals surface area contributed by atoms with Gasteiger partial charge in [-0.25, -0.2) is 0 Å². The Labute approximate surface area is 125 Å². The van der Waals surface area contributed by atoms with Gasteiger partial charge < -0.3 is 50.3 Å². The van der Waals surface area contributed by atoms with Crippen LogP contribution >= 0.6 is 0 Å². The summed E-state index contributed by atoms with van der Waals surface area (Å²) in [4.78, 5) is 0. The number of hydrogen-bond acceptors (Lipinski definition) is 10. The van der Waals surface area contributed by atoms with Crippen LogP contribution in [0.25, 0.3) is 0 Å². The van der Waals surface area contributed by atoms with E-state index >= 15 is 0 Å². The van der Waals surface area contributed by atoms with Crippen LogP contribution in [-0.4, -0.2) is 115 Å². The number of hydrogen-bond donors (Lipinski definition) is 8. The third-order valence-corrected chi connectivity index (χ3v) is 4.18. The second kappa shape index (κ2) is 7.01. The van der Waals surface area contributed by atoms with Gasteiger partial charge in [0.25, 0.3) is 0 Å². The molecule has 2 rings (SSSR count). The summed E-state index contributed by atoms with van der Waals surface area (Å²) in [5.74, 6) is 0. The zero-order chi connectivity index (χ0) is 16.6. The summed E-state index contributed by atoms with van der Waals surface area (Å²) in [6.45, 7) is -1.31. The molecule has 10 atom stereocenters. The molecule has 2 unspecified atom stereocenters. The summed E-state index contributed by atoms with van der Waals surface area (Å²) in [5, 5.41) is 77.1. The van der Waals surface area contributed by atoms with Crippen molar-refractivity contribution in [2.75, 3.05) is 13.2 Å². The predicted octanol–water partition coefficient (Wildman–Crippen LogP) is -5.33. The molecule has 0 spiro atoms. The van der Waals surface area contributed by atoms with Gasteiger partial charge in [-0.2, -0.15) is 0 Å². The Morgan fingerprint density at radius 1 is 0.500 bits per heavy atom. The van der Waals surface area contributed by atoms with Crippen molar-refractivity contribution in [1.82, 2.24) is 0 Å². The lowest BCUT2D eigenvalue weighted by Crippen LogP contribution is -2.68. The zero-order valence-electron chi connectivity index (χ0n) is 11.6. The summed E-state index contributed by atoms with van der Waals surface area (Å²) >= 11 is 0. The van der Waals surface area contributed by atoms with Gasteiger partial charge in [-0.3, -0.25) is 0 Å². The molecule has 0 aromatic carbocycles. The van der Waals surface area contributed by atoms with E-state index in [2.05, 4.69) is 0 Å². The molecule has 2 fully saturated rings. The average Bonchev–Trinajstić information content (AvgIpc) is 2.52. The Morgan fingerprint density at radius 3 is 1.09 bits per heavy atom. The van der Waals surface area contributed by atoms with Crippen LogP contribution < -0.4 is 0 Å². The minimum atomic E-state index is -1.67. The summed E-state index contributed by atoms with van der Waals surface area (Å²) < 4.78 is 10.5. The molecule has 0 aliphatic carbocycles. The fourth-order valence-corrected chi connectivity index (χ4v) is 2.80. The van der Waals surface area contributed by atoms with E-state index in [1.807, 2.05) is 0 Å². The van der Waals surface area contributed by atoms with Gasteiger partial charge in [0.2, 0.25) is 0 Å². The lowest BCUT2D eigenvalue weighted by molar-refractivity contribution is -0.302. The molecule has 22 heavy (non-hydrogen) atoms. The summed E-state index contributed by atoms with van der Waals surface area (Å²) in [5.41, 5.74) is 0. The highest BCUT2D eigenvalue weighted by atomic mass is 16.6. The first-order valence-electron chi connectivity index (χ1n) is 6.94.